The van der Waals surface area contributed by atoms with Crippen molar-refractivity contribution in [2.75, 3.05) is 0 Å². The Kier molecular flexibility index (Phi) is 1.81. The lowest BCUT2D eigenvalue weighted by atomic mass is 10.2. The first kappa shape index (κ1) is 8.01. The van der Waals surface area contributed by atoms with E-state index in [9.17, 15) is 8.78 Å². The highest BCUT2D eigenvalue weighted by Gasteiger charge is 2.10. The molecule has 0 bridgehead atoms. The molecule has 0 aliphatic rings. The van der Waals surface area contributed by atoms with Gasteiger partial charge in [-0.3, -0.25) is 0 Å². The molecule has 0 amide bonds. The number of hydrogen-bond donors (Lipinski definition) is 1. The second-order valence-corrected chi connectivity index (χ2v) is 3.89. The Morgan fingerprint density at radius 3 is 2.75 bits per heavy atom. The number of thiol groups is 1. The van der Waals surface area contributed by atoms with Crippen molar-refractivity contribution in [3.05, 3.63) is 29.1 Å². The molecule has 0 N–H and O–H groups in total. The van der Waals surface area contributed by atoms with E-state index in [4.69, 9.17) is 0 Å². The molecule has 4 heteroatoms. The Bertz CT molecular complexity index is 434. The van der Waals surface area contributed by atoms with Crippen LogP contribution in [0.4, 0.5) is 8.78 Å². The molecular weight excluding hydrogens is 198 g/mol. The molecule has 2 rings (SSSR count). The van der Waals surface area contributed by atoms with Crippen LogP contribution in [0.3, 0.4) is 0 Å². The van der Waals surface area contributed by atoms with E-state index in [2.05, 4.69) is 12.6 Å². The Hall–Kier alpha value is -0.610. The zero-order chi connectivity index (χ0) is 8.72. The van der Waals surface area contributed by atoms with Gasteiger partial charge in [0.15, 0.2) is 5.82 Å². The maximum atomic E-state index is 12.9. The molecule has 1 aromatic heterocycles. The summed E-state index contributed by atoms with van der Waals surface area (Å²) in [5.41, 5.74) is 0. The minimum absolute atomic E-state index is 0.310. The fourth-order valence-electron chi connectivity index (χ4n) is 1.03. The molecule has 0 saturated carbocycles. The molecule has 0 spiro atoms. The molecule has 0 nitrogen and oxygen atoms in total. The number of hydrogen-bond acceptors (Lipinski definition) is 2. The van der Waals surface area contributed by atoms with Gasteiger partial charge in [-0.25, -0.2) is 4.39 Å². The van der Waals surface area contributed by atoms with Gasteiger partial charge in [0.05, 0.1) is 0 Å². The van der Waals surface area contributed by atoms with Gasteiger partial charge in [0, 0.05) is 15.0 Å². The van der Waals surface area contributed by atoms with Gasteiger partial charge in [0.25, 0.3) is 0 Å². The van der Waals surface area contributed by atoms with Crippen LogP contribution in [0, 0.1) is 10.9 Å². The highest BCUT2D eigenvalue weighted by molar-refractivity contribution is 7.80. The first-order chi connectivity index (χ1) is 5.68. The van der Waals surface area contributed by atoms with Crippen molar-refractivity contribution >= 4 is 34.1 Å². The average molecular weight is 202 g/mol. The van der Waals surface area contributed by atoms with E-state index in [1.165, 1.54) is 6.07 Å². The van der Waals surface area contributed by atoms with Crippen LogP contribution in [0.2, 0.25) is 0 Å². The van der Waals surface area contributed by atoms with E-state index in [0.717, 1.165) is 11.3 Å². The van der Waals surface area contributed by atoms with E-state index in [0.29, 0.717) is 15.0 Å². The topological polar surface area (TPSA) is 0 Å². The number of rotatable bonds is 0. The molecule has 0 unspecified atom stereocenters. The molecule has 2 aromatic rings. The highest BCUT2D eigenvalue weighted by Crippen LogP contribution is 2.29. The Morgan fingerprint density at radius 2 is 2.00 bits per heavy atom. The summed E-state index contributed by atoms with van der Waals surface area (Å²) in [6.07, 6.45) is 0. The third-order valence-electron chi connectivity index (χ3n) is 1.57. The summed E-state index contributed by atoms with van der Waals surface area (Å²) < 4.78 is 26.2. The number of fused-ring (bicyclic) bond motifs is 1. The largest absolute Gasteiger partial charge is 0.213 e. The lowest BCUT2D eigenvalue weighted by Crippen LogP contribution is -1.72. The van der Waals surface area contributed by atoms with Gasteiger partial charge in [-0.05, 0) is 18.2 Å². The Morgan fingerprint density at radius 1 is 1.25 bits per heavy atom. The zero-order valence-electron chi connectivity index (χ0n) is 5.84. The van der Waals surface area contributed by atoms with E-state index < -0.39 is 10.9 Å². The van der Waals surface area contributed by atoms with Crippen molar-refractivity contribution in [3.63, 3.8) is 0 Å². The average Bonchev–Trinajstić information content (AvgIpc) is 2.31. The molecule has 0 aliphatic carbocycles. The molecule has 62 valence electrons. The van der Waals surface area contributed by atoms with Crippen LogP contribution >= 0.6 is 24.0 Å². The standard InChI is InChI=1S/C8H4F2S2/c9-7-5-3-4(11)1-2-6(5)12-8(7)10/h1-3,11H. The van der Waals surface area contributed by atoms with Crippen LogP contribution in [0.15, 0.2) is 23.1 Å². The normalized spacial score (nSPS) is 10.9. The van der Waals surface area contributed by atoms with E-state index >= 15 is 0 Å². The van der Waals surface area contributed by atoms with E-state index in [1.807, 2.05) is 0 Å². The van der Waals surface area contributed by atoms with Gasteiger partial charge < -0.3 is 0 Å². The lowest BCUT2D eigenvalue weighted by Gasteiger charge is -1.90. The summed E-state index contributed by atoms with van der Waals surface area (Å²) in [6.45, 7) is 0. The summed E-state index contributed by atoms with van der Waals surface area (Å²) in [5, 5.41) is -0.450. The molecular formula is C8H4F2S2. The SMILES string of the molecule is Fc1sc2ccc(S)cc2c1F. The fourth-order valence-corrected chi connectivity index (χ4v) is 2.02. The third-order valence-corrected chi connectivity index (χ3v) is 2.78. The van der Waals surface area contributed by atoms with Crippen molar-refractivity contribution in [1.29, 1.82) is 0 Å². The van der Waals surface area contributed by atoms with Gasteiger partial charge in [-0.1, -0.05) is 0 Å². The first-order valence-corrected chi connectivity index (χ1v) is 4.51. The number of thiophene rings is 1. The summed E-state index contributed by atoms with van der Waals surface area (Å²) in [4.78, 5) is 0.638. The summed E-state index contributed by atoms with van der Waals surface area (Å²) in [5.74, 6) is -0.772. The molecule has 0 saturated heterocycles. The van der Waals surface area contributed by atoms with Gasteiger partial charge >= 0.3 is 0 Å². The smallest absolute Gasteiger partial charge is 0.202 e. The van der Waals surface area contributed by atoms with Gasteiger partial charge in [0.1, 0.15) is 0 Å². The maximum absolute atomic E-state index is 12.9. The number of halogens is 2. The molecule has 0 aliphatic heterocycles. The van der Waals surface area contributed by atoms with Crippen molar-refractivity contribution in [2.24, 2.45) is 0 Å². The predicted molar refractivity (Wildman–Crippen MR) is 49.0 cm³/mol. The molecule has 1 heterocycles. The minimum atomic E-state index is -0.772. The quantitative estimate of drug-likeness (QED) is 0.621. The molecule has 0 atom stereocenters. The predicted octanol–water partition coefficient (Wildman–Crippen LogP) is 3.47. The van der Waals surface area contributed by atoms with E-state index in [1.54, 1.807) is 12.1 Å². The second kappa shape index (κ2) is 2.71. The van der Waals surface area contributed by atoms with E-state index in [-0.39, 0.29) is 0 Å². The Balaban J connectivity index is 2.88. The summed E-state index contributed by atoms with van der Waals surface area (Å²) in [7, 11) is 0. The third kappa shape index (κ3) is 1.11. The van der Waals surface area contributed by atoms with Crippen LogP contribution in [0.5, 0.6) is 0 Å². The minimum Gasteiger partial charge on any atom is -0.202 e. The van der Waals surface area contributed by atoms with Crippen molar-refractivity contribution < 1.29 is 8.78 Å². The van der Waals surface area contributed by atoms with Crippen LogP contribution in [0.25, 0.3) is 10.1 Å². The van der Waals surface area contributed by atoms with Crippen LogP contribution in [-0.4, -0.2) is 0 Å². The summed E-state index contributed by atoms with van der Waals surface area (Å²) >= 11 is 4.84. The maximum Gasteiger partial charge on any atom is 0.213 e. The monoisotopic (exact) mass is 202 g/mol. The van der Waals surface area contributed by atoms with Gasteiger partial charge in [0.2, 0.25) is 5.13 Å². The van der Waals surface area contributed by atoms with Crippen LogP contribution in [0.1, 0.15) is 0 Å². The van der Waals surface area contributed by atoms with Crippen LogP contribution < -0.4 is 0 Å². The molecule has 1 aromatic carbocycles. The van der Waals surface area contributed by atoms with Gasteiger partial charge in [-0.2, -0.15) is 4.39 Å². The number of benzene rings is 1. The zero-order valence-corrected chi connectivity index (χ0v) is 7.55. The van der Waals surface area contributed by atoms with Crippen LogP contribution in [-0.2, 0) is 0 Å². The summed E-state index contributed by atoms with van der Waals surface area (Å²) in [6, 6.07) is 4.89. The lowest BCUT2D eigenvalue weighted by molar-refractivity contribution is 0.538. The second-order valence-electron chi connectivity index (χ2n) is 2.37. The van der Waals surface area contributed by atoms with Crippen molar-refractivity contribution in [1.82, 2.24) is 0 Å². The highest BCUT2D eigenvalue weighted by atomic mass is 32.1. The first-order valence-electron chi connectivity index (χ1n) is 3.25. The van der Waals surface area contributed by atoms with Gasteiger partial charge in [-0.15, -0.1) is 24.0 Å². The van der Waals surface area contributed by atoms with Crippen molar-refractivity contribution in [3.8, 4) is 0 Å². The molecule has 0 fully saturated rings. The fraction of sp³-hybridized carbons (Fsp3) is 0. The molecule has 12 heavy (non-hydrogen) atoms. The Labute approximate surface area is 77.2 Å². The molecule has 0 radical (unpaired) electrons. The van der Waals surface area contributed by atoms with Crippen molar-refractivity contribution in [2.45, 2.75) is 4.90 Å².